The van der Waals surface area contributed by atoms with E-state index in [0.717, 1.165) is 96.7 Å². The molecule has 0 saturated heterocycles. The van der Waals surface area contributed by atoms with Crippen LogP contribution in [0.4, 0.5) is 4.79 Å². The molecule has 0 heterocycles. The van der Waals surface area contributed by atoms with Gasteiger partial charge in [-0.1, -0.05) is 136 Å². The summed E-state index contributed by atoms with van der Waals surface area (Å²) in [6.45, 7) is 14.8. The van der Waals surface area contributed by atoms with Crippen LogP contribution in [0, 0.1) is 5.92 Å². The zero-order valence-electron chi connectivity index (χ0n) is 37.4. The maximum Gasteiger partial charge on any atom is 0.508 e. The number of allylic oxidation sites excluding steroid dienone is 4. The molecule has 0 aliphatic heterocycles. The summed E-state index contributed by atoms with van der Waals surface area (Å²) in [4.78, 5) is 40.1. The van der Waals surface area contributed by atoms with Crippen molar-refractivity contribution in [3.63, 3.8) is 0 Å². The van der Waals surface area contributed by atoms with Crippen LogP contribution in [-0.4, -0.2) is 88.6 Å². The lowest BCUT2D eigenvalue weighted by molar-refractivity contribution is -0.161. The smallest absolute Gasteiger partial charge is 0.465 e. The molecule has 0 aliphatic rings. The molecule has 0 aliphatic carbocycles. The van der Waals surface area contributed by atoms with Gasteiger partial charge >= 0.3 is 18.1 Å². The highest BCUT2D eigenvalue weighted by molar-refractivity contribution is 5.69. The van der Waals surface area contributed by atoms with E-state index in [1.165, 1.54) is 51.4 Å². The van der Waals surface area contributed by atoms with Gasteiger partial charge in [-0.25, -0.2) is 4.79 Å². The van der Waals surface area contributed by atoms with Crippen LogP contribution < -0.4 is 0 Å². The Kier molecular flexibility index (Phi) is 41.3. The molecule has 0 fully saturated rings. The zero-order valence-corrected chi connectivity index (χ0v) is 37.4. The first-order chi connectivity index (χ1) is 27.9. The van der Waals surface area contributed by atoms with Crippen LogP contribution >= 0.6 is 0 Å². The molecule has 2 atom stereocenters. The Morgan fingerprint density at radius 1 is 0.491 bits per heavy atom. The van der Waals surface area contributed by atoms with Crippen molar-refractivity contribution in [1.29, 1.82) is 0 Å². The Bertz CT molecular complexity index is 969. The van der Waals surface area contributed by atoms with E-state index in [1.807, 2.05) is 0 Å². The van der Waals surface area contributed by atoms with E-state index in [0.29, 0.717) is 32.5 Å². The van der Waals surface area contributed by atoms with E-state index in [2.05, 4.69) is 63.8 Å². The molecule has 0 bridgehead atoms. The first-order valence-electron chi connectivity index (χ1n) is 23.3. The first kappa shape index (κ1) is 54.6. The molecular weight excluding hydrogens is 723 g/mol. The summed E-state index contributed by atoms with van der Waals surface area (Å²) in [5.41, 5.74) is 0. The van der Waals surface area contributed by atoms with Gasteiger partial charge in [0.2, 0.25) is 0 Å². The van der Waals surface area contributed by atoms with Gasteiger partial charge in [0.15, 0.2) is 6.29 Å². The molecule has 0 aromatic heterocycles. The zero-order chi connectivity index (χ0) is 41.9. The standard InChI is InChI=1S/C47H87NO9/c1-6-11-14-16-18-19-20-21-22-23-24-25-26-27-29-33-44(49)55-40-43(42-57-47(51)54-39-32-36-48(9-4)10-5)41-56-45(50)34-35-46(52-37-30-13-8-3)53-38-31-28-17-15-12-7-2/h18-19,21-22,43,46H,6-17,20,23-42H2,1-5H3/b19-18-,22-21-. The van der Waals surface area contributed by atoms with Crippen LogP contribution in [0.25, 0.3) is 0 Å². The summed E-state index contributed by atoms with van der Waals surface area (Å²) in [5, 5.41) is 0. The number of ether oxygens (including phenoxy) is 6. The van der Waals surface area contributed by atoms with Crippen molar-refractivity contribution in [3.8, 4) is 0 Å². The second-order valence-corrected chi connectivity index (χ2v) is 15.2. The number of hydrogen-bond donors (Lipinski definition) is 0. The lowest BCUT2D eigenvalue weighted by Gasteiger charge is -2.20. The fourth-order valence-corrected chi connectivity index (χ4v) is 6.12. The summed E-state index contributed by atoms with van der Waals surface area (Å²) in [6, 6.07) is 0. The molecule has 0 aromatic rings. The van der Waals surface area contributed by atoms with Gasteiger partial charge in [0.25, 0.3) is 0 Å². The van der Waals surface area contributed by atoms with Crippen LogP contribution in [0.5, 0.6) is 0 Å². The quantitative estimate of drug-likeness (QED) is 0.0194. The topological polar surface area (TPSA) is 110 Å². The van der Waals surface area contributed by atoms with Crippen molar-refractivity contribution < 1.29 is 42.8 Å². The van der Waals surface area contributed by atoms with Crippen LogP contribution in [-0.2, 0) is 38.0 Å². The van der Waals surface area contributed by atoms with Crippen LogP contribution in [0.1, 0.15) is 189 Å². The van der Waals surface area contributed by atoms with Gasteiger partial charge in [-0.05, 0) is 70.9 Å². The molecule has 10 nitrogen and oxygen atoms in total. The third kappa shape index (κ3) is 38.8. The van der Waals surface area contributed by atoms with Crippen molar-refractivity contribution in [3.05, 3.63) is 24.3 Å². The maximum atomic E-state index is 12.8. The number of rotatable bonds is 42. The Labute approximate surface area is 349 Å². The van der Waals surface area contributed by atoms with Crippen molar-refractivity contribution in [2.45, 2.75) is 195 Å². The van der Waals surface area contributed by atoms with Gasteiger partial charge in [0.1, 0.15) is 19.8 Å². The van der Waals surface area contributed by atoms with E-state index in [4.69, 9.17) is 28.4 Å². The van der Waals surface area contributed by atoms with E-state index < -0.39 is 24.3 Å². The summed E-state index contributed by atoms with van der Waals surface area (Å²) >= 11 is 0. The van der Waals surface area contributed by atoms with Gasteiger partial charge in [-0.3, -0.25) is 9.59 Å². The van der Waals surface area contributed by atoms with E-state index in [-0.39, 0.29) is 38.8 Å². The first-order valence-corrected chi connectivity index (χ1v) is 23.3. The van der Waals surface area contributed by atoms with Crippen molar-refractivity contribution >= 4 is 18.1 Å². The molecular formula is C47H87NO9. The third-order valence-electron chi connectivity index (χ3n) is 9.90. The maximum absolute atomic E-state index is 12.8. The molecule has 0 radical (unpaired) electrons. The lowest BCUT2D eigenvalue weighted by Crippen LogP contribution is -2.28. The highest BCUT2D eigenvalue weighted by Gasteiger charge is 2.20. The number of unbranched alkanes of at least 4 members (excludes halogenated alkanes) is 15. The fourth-order valence-electron chi connectivity index (χ4n) is 6.12. The SMILES string of the molecule is CCCCC/C=C\C/C=C\CCCCCCCC(=O)OCC(COC(=O)CCC(OCCCCC)OCCCCCCCC)COC(=O)OCCCN(CC)CC. The summed E-state index contributed by atoms with van der Waals surface area (Å²) in [6.07, 6.45) is 31.8. The Hall–Kier alpha value is -2.43. The normalized spacial score (nSPS) is 12.7. The van der Waals surface area contributed by atoms with E-state index in [9.17, 15) is 14.4 Å². The van der Waals surface area contributed by atoms with E-state index >= 15 is 0 Å². The molecule has 0 saturated carbocycles. The average molecular weight is 810 g/mol. The van der Waals surface area contributed by atoms with Gasteiger partial charge in [0, 0.05) is 32.6 Å². The summed E-state index contributed by atoms with van der Waals surface area (Å²) < 4.78 is 33.8. The second-order valence-electron chi connectivity index (χ2n) is 15.2. The Morgan fingerprint density at radius 3 is 1.61 bits per heavy atom. The van der Waals surface area contributed by atoms with Crippen molar-refractivity contribution in [1.82, 2.24) is 4.90 Å². The monoisotopic (exact) mass is 810 g/mol. The molecule has 10 heteroatoms. The van der Waals surface area contributed by atoms with Gasteiger partial charge in [0.05, 0.1) is 18.9 Å². The predicted molar refractivity (Wildman–Crippen MR) is 232 cm³/mol. The van der Waals surface area contributed by atoms with Crippen molar-refractivity contribution in [2.24, 2.45) is 5.92 Å². The molecule has 57 heavy (non-hydrogen) atoms. The Morgan fingerprint density at radius 2 is 0.982 bits per heavy atom. The second kappa shape index (κ2) is 43.2. The van der Waals surface area contributed by atoms with Gasteiger partial charge < -0.3 is 33.3 Å². The number of carbonyl (C=O) groups is 3. The third-order valence-corrected chi connectivity index (χ3v) is 9.90. The lowest BCUT2D eigenvalue weighted by atomic mass is 10.1. The minimum absolute atomic E-state index is 0.0217. The number of nitrogens with zero attached hydrogens (tertiary/aromatic N) is 1. The molecule has 0 rings (SSSR count). The molecule has 2 unspecified atom stereocenters. The Balaban J connectivity index is 4.75. The number of hydrogen-bond acceptors (Lipinski definition) is 10. The van der Waals surface area contributed by atoms with Gasteiger partial charge in [-0.2, -0.15) is 0 Å². The number of esters is 2. The largest absolute Gasteiger partial charge is 0.508 e. The number of carbonyl (C=O) groups excluding carboxylic acids is 3. The molecule has 0 aromatic carbocycles. The van der Waals surface area contributed by atoms with Crippen molar-refractivity contribution in [2.75, 3.05) is 59.3 Å². The molecule has 0 spiro atoms. The average Bonchev–Trinajstić information content (AvgIpc) is 3.21. The van der Waals surface area contributed by atoms with Gasteiger partial charge in [-0.15, -0.1) is 0 Å². The van der Waals surface area contributed by atoms with Crippen LogP contribution in [0.3, 0.4) is 0 Å². The fraction of sp³-hybridized carbons (Fsp3) is 0.851. The summed E-state index contributed by atoms with van der Waals surface area (Å²) in [7, 11) is 0. The van der Waals surface area contributed by atoms with Crippen LogP contribution in [0.15, 0.2) is 24.3 Å². The predicted octanol–water partition coefficient (Wildman–Crippen LogP) is 12.1. The van der Waals surface area contributed by atoms with E-state index in [1.54, 1.807) is 0 Å². The molecule has 0 amide bonds. The highest BCUT2D eigenvalue weighted by atomic mass is 16.7. The highest BCUT2D eigenvalue weighted by Crippen LogP contribution is 2.13. The summed E-state index contributed by atoms with van der Waals surface area (Å²) in [5.74, 6) is -1.22. The molecule has 0 N–H and O–H groups in total. The molecule has 334 valence electrons. The van der Waals surface area contributed by atoms with Crippen LogP contribution in [0.2, 0.25) is 0 Å². The minimum Gasteiger partial charge on any atom is -0.465 e. The minimum atomic E-state index is -0.784.